The average Bonchev–Trinajstić information content (AvgIpc) is 2.91. The van der Waals surface area contributed by atoms with Crippen molar-refractivity contribution in [3.63, 3.8) is 0 Å². The molecule has 0 spiro atoms. The summed E-state index contributed by atoms with van der Waals surface area (Å²) < 4.78 is 1.97. The number of anilines is 1. The maximum atomic E-state index is 10.9. The molecule has 112 valence electrons. The summed E-state index contributed by atoms with van der Waals surface area (Å²) >= 11 is 0. The molecule has 0 fully saturated rings. The minimum Gasteiger partial charge on any atom is -0.344 e. The number of aromatic nitrogens is 3. The van der Waals surface area contributed by atoms with Gasteiger partial charge in [0.05, 0.1) is 4.92 Å². The van der Waals surface area contributed by atoms with E-state index in [0.717, 1.165) is 18.9 Å². The Bertz CT molecular complexity index is 638. The first-order valence-electron chi connectivity index (χ1n) is 6.97. The maximum Gasteiger partial charge on any atom is 0.270 e. The van der Waals surface area contributed by atoms with Crippen LogP contribution in [-0.4, -0.2) is 33.3 Å². The van der Waals surface area contributed by atoms with E-state index in [-0.39, 0.29) is 5.69 Å². The molecule has 0 saturated heterocycles. The zero-order valence-electron chi connectivity index (χ0n) is 12.5. The fourth-order valence-corrected chi connectivity index (χ4v) is 2.28. The van der Waals surface area contributed by atoms with E-state index in [0.29, 0.717) is 17.9 Å². The van der Waals surface area contributed by atoms with Crippen LogP contribution in [0.3, 0.4) is 0 Å². The van der Waals surface area contributed by atoms with Crippen LogP contribution in [0.15, 0.2) is 24.3 Å². The third kappa shape index (κ3) is 3.01. The molecule has 21 heavy (non-hydrogen) atoms. The van der Waals surface area contributed by atoms with Gasteiger partial charge in [0.15, 0.2) is 5.82 Å². The molecule has 2 rings (SSSR count). The fraction of sp³-hybridized carbons (Fsp3) is 0.429. The number of benzene rings is 1. The van der Waals surface area contributed by atoms with Gasteiger partial charge in [-0.1, -0.05) is 19.1 Å². The van der Waals surface area contributed by atoms with E-state index in [1.807, 2.05) is 29.5 Å². The van der Waals surface area contributed by atoms with Gasteiger partial charge in [0, 0.05) is 37.8 Å². The highest BCUT2D eigenvalue weighted by molar-refractivity contribution is 5.61. The molecule has 0 aliphatic rings. The lowest BCUT2D eigenvalue weighted by molar-refractivity contribution is -0.384. The Hall–Kier alpha value is -2.44. The van der Waals surface area contributed by atoms with Crippen LogP contribution < -0.4 is 4.90 Å². The van der Waals surface area contributed by atoms with Crippen LogP contribution >= 0.6 is 0 Å². The molecule has 2 aromatic rings. The molecule has 1 heterocycles. The first kappa shape index (κ1) is 15.0. The summed E-state index contributed by atoms with van der Waals surface area (Å²) in [5.41, 5.74) is 0.760. The van der Waals surface area contributed by atoms with E-state index in [4.69, 9.17) is 0 Å². The molecule has 0 N–H and O–H groups in total. The Morgan fingerprint density at radius 1 is 1.33 bits per heavy atom. The number of hydrogen-bond acceptors (Lipinski definition) is 5. The summed E-state index contributed by atoms with van der Waals surface area (Å²) in [5, 5.41) is 19.3. The van der Waals surface area contributed by atoms with Crippen LogP contribution in [0.1, 0.15) is 20.3 Å². The van der Waals surface area contributed by atoms with Gasteiger partial charge < -0.3 is 4.90 Å². The summed E-state index contributed by atoms with van der Waals surface area (Å²) in [6, 6.07) is 6.48. The second-order valence-corrected chi connectivity index (χ2v) is 4.80. The van der Waals surface area contributed by atoms with E-state index in [1.54, 1.807) is 6.07 Å². The molecule has 0 atom stereocenters. The van der Waals surface area contributed by atoms with Gasteiger partial charge in [-0.3, -0.25) is 14.7 Å². The zero-order chi connectivity index (χ0) is 15.4. The van der Waals surface area contributed by atoms with E-state index >= 15 is 0 Å². The van der Waals surface area contributed by atoms with Crippen LogP contribution in [0, 0.1) is 10.1 Å². The van der Waals surface area contributed by atoms with Gasteiger partial charge >= 0.3 is 0 Å². The van der Waals surface area contributed by atoms with E-state index < -0.39 is 4.92 Å². The molecule has 0 aliphatic carbocycles. The standard InChI is InChI=1S/C14H19N5O2/c1-4-9-17(3)14-16-15-13(18(14)5-2)11-7-6-8-12(10-11)19(20)21/h6-8,10H,4-5,9H2,1-3H3. The largest absolute Gasteiger partial charge is 0.344 e. The van der Waals surface area contributed by atoms with Crippen LogP contribution in [0.2, 0.25) is 0 Å². The predicted octanol–water partition coefficient (Wildman–Crippen LogP) is 2.72. The highest BCUT2D eigenvalue weighted by atomic mass is 16.6. The monoisotopic (exact) mass is 289 g/mol. The van der Waals surface area contributed by atoms with Crippen molar-refractivity contribution in [3.8, 4) is 11.4 Å². The molecule has 7 heteroatoms. The average molecular weight is 289 g/mol. The predicted molar refractivity (Wildman–Crippen MR) is 81.3 cm³/mol. The summed E-state index contributed by atoms with van der Waals surface area (Å²) in [5.74, 6) is 1.43. The number of nitro groups is 1. The molecule has 1 aromatic heterocycles. The Labute approximate surface area is 123 Å². The first-order chi connectivity index (χ1) is 10.1. The maximum absolute atomic E-state index is 10.9. The van der Waals surface area contributed by atoms with Crippen LogP contribution in [0.5, 0.6) is 0 Å². The second-order valence-electron chi connectivity index (χ2n) is 4.80. The van der Waals surface area contributed by atoms with Crippen molar-refractivity contribution in [2.75, 3.05) is 18.5 Å². The fourth-order valence-electron chi connectivity index (χ4n) is 2.28. The molecule has 7 nitrogen and oxygen atoms in total. The lowest BCUT2D eigenvalue weighted by atomic mass is 10.2. The third-order valence-electron chi connectivity index (χ3n) is 3.26. The molecule has 0 radical (unpaired) electrons. The van der Waals surface area contributed by atoms with Gasteiger partial charge in [0.25, 0.3) is 5.69 Å². The van der Waals surface area contributed by atoms with Crippen molar-refractivity contribution in [1.29, 1.82) is 0 Å². The Morgan fingerprint density at radius 3 is 2.71 bits per heavy atom. The molecular formula is C14H19N5O2. The van der Waals surface area contributed by atoms with Gasteiger partial charge in [0.2, 0.25) is 5.95 Å². The van der Waals surface area contributed by atoms with Crippen molar-refractivity contribution < 1.29 is 4.92 Å². The van der Waals surface area contributed by atoms with E-state index in [2.05, 4.69) is 17.1 Å². The number of nitro benzene ring substituents is 1. The number of rotatable bonds is 6. The van der Waals surface area contributed by atoms with Gasteiger partial charge in [-0.15, -0.1) is 10.2 Å². The summed E-state index contributed by atoms with van der Waals surface area (Å²) in [6.45, 7) is 5.69. The van der Waals surface area contributed by atoms with E-state index in [1.165, 1.54) is 12.1 Å². The smallest absolute Gasteiger partial charge is 0.270 e. The highest BCUT2D eigenvalue weighted by Crippen LogP contribution is 2.25. The van der Waals surface area contributed by atoms with Crippen molar-refractivity contribution in [1.82, 2.24) is 14.8 Å². The number of non-ortho nitro benzene ring substituents is 1. The lowest BCUT2D eigenvalue weighted by Crippen LogP contribution is -2.22. The molecule has 0 bridgehead atoms. The van der Waals surface area contributed by atoms with Crippen molar-refractivity contribution in [2.24, 2.45) is 0 Å². The van der Waals surface area contributed by atoms with Crippen molar-refractivity contribution in [3.05, 3.63) is 34.4 Å². The number of hydrogen-bond donors (Lipinski definition) is 0. The van der Waals surface area contributed by atoms with Crippen LogP contribution in [-0.2, 0) is 6.54 Å². The van der Waals surface area contributed by atoms with Crippen LogP contribution in [0.4, 0.5) is 11.6 Å². The Kier molecular flexibility index (Phi) is 4.52. The molecule has 0 saturated carbocycles. The topological polar surface area (TPSA) is 77.1 Å². The normalized spacial score (nSPS) is 10.6. The first-order valence-corrected chi connectivity index (χ1v) is 6.97. The molecular weight excluding hydrogens is 270 g/mol. The summed E-state index contributed by atoms with van der Waals surface area (Å²) in [4.78, 5) is 12.5. The molecule has 0 unspecified atom stereocenters. The second kappa shape index (κ2) is 6.34. The zero-order valence-corrected chi connectivity index (χ0v) is 12.5. The minimum atomic E-state index is -0.403. The third-order valence-corrected chi connectivity index (χ3v) is 3.26. The lowest BCUT2D eigenvalue weighted by Gasteiger charge is -2.18. The van der Waals surface area contributed by atoms with Crippen LogP contribution in [0.25, 0.3) is 11.4 Å². The molecule has 0 aliphatic heterocycles. The number of nitrogens with zero attached hydrogens (tertiary/aromatic N) is 5. The van der Waals surface area contributed by atoms with Gasteiger partial charge in [-0.25, -0.2) is 0 Å². The quantitative estimate of drug-likeness (QED) is 0.603. The Morgan fingerprint density at radius 2 is 2.10 bits per heavy atom. The van der Waals surface area contributed by atoms with Gasteiger partial charge in [-0.2, -0.15) is 0 Å². The summed E-state index contributed by atoms with van der Waals surface area (Å²) in [7, 11) is 1.97. The SMILES string of the molecule is CCCN(C)c1nnc(-c2cccc([N+](=O)[O-])c2)n1CC. The molecule has 0 amide bonds. The van der Waals surface area contributed by atoms with Crippen molar-refractivity contribution >= 4 is 11.6 Å². The Balaban J connectivity index is 2.45. The van der Waals surface area contributed by atoms with E-state index in [9.17, 15) is 10.1 Å². The highest BCUT2D eigenvalue weighted by Gasteiger charge is 2.17. The molecule has 1 aromatic carbocycles. The van der Waals surface area contributed by atoms with Gasteiger partial charge in [0.1, 0.15) is 0 Å². The summed E-state index contributed by atoms with van der Waals surface area (Å²) in [6.07, 6.45) is 1.01. The van der Waals surface area contributed by atoms with Crippen molar-refractivity contribution in [2.45, 2.75) is 26.8 Å². The minimum absolute atomic E-state index is 0.0571. The van der Waals surface area contributed by atoms with Gasteiger partial charge in [-0.05, 0) is 13.3 Å².